The maximum Gasteiger partial charge on any atom is 0.246 e. The Morgan fingerprint density at radius 1 is 1.23 bits per heavy atom. The molecule has 22 heavy (non-hydrogen) atoms. The number of fused-ring (bicyclic) bond motifs is 1. The molecular weight excluding hydrogens is 304 g/mol. The van der Waals surface area contributed by atoms with Crippen molar-refractivity contribution in [2.24, 2.45) is 5.92 Å². The zero-order chi connectivity index (χ0) is 15.7. The smallest absolute Gasteiger partial charge is 0.246 e. The van der Waals surface area contributed by atoms with Crippen molar-refractivity contribution in [2.75, 3.05) is 33.9 Å². The minimum atomic E-state index is -3.58. The van der Waals surface area contributed by atoms with Crippen LogP contribution in [0.5, 0.6) is 11.5 Å². The van der Waals surface area contributed by atoms with Gasteiger partial charge in [-0.25, -0.2) is 8.42 Å². The van der Waals surface area contributed by atoms with Crippen LogP contribution in [0.1, 0.15) is 12.8 Å². The van der Waals surface area contributed by atoms with E-state index in [1.807, 2.05) is 0 Å². The average molecular weight is 326 g/mol. The summed E-state index contributed by atoms with van der Waals surface area (Å²) in [7, 11) is -0.574. The van der Waals surface area contributed by atoms with E-state index in [0.717, 1.165) is 19.4 Å². The van der Waals surface area contributed by atoms with Crippen LogP contribution < -0.4 is 14.8 Å². The maximum absolute atomic E-state index is 13.0. The molecule has 0 amide bonds. The van der Waals surface area contributed by atoms with E-state index in [0.29, 0.717) is 36.5 Å². The second-order valence-corrected chi connectivity index (χ2v) is 7.68. The Bertz CT molecular complexity index is 647. The van der Waals surface area contributed by atoms with Crippen molar-refractivity contribution in [1.82, 2.24) is 9.62 Å². The lowest BCUT2D eigenvalue weighted by molar-refractivity contribution is 0.246. The lowest BCUT2D eigenvalue weighted by Crippen LogP contribution is -2.46. The first-order valence-electron chi connectivity index (χ1n) is 7.52. The Balaban J connectivity index is 1.92. The zero-order valence-electron chi connectivity index (χ0n) is 12.9. The first kappa shape index (κ1) is 15.6. The first-order valence-corrected chi connectivity index (χ1v) is 8.96. The lowest BCUT2D eigenvalue weighted by Gasteiger charge is -2.34. The van der Waals surface area contributed by atoms with Gasteiger partial charge in [0.1, 0.15) is 16.4 Å². The maximum atomic E-state index is 13.0. The average Bonchev–Trinajstić information content (AvgIpc) is 3.01. The van der Waals surface area contributed by atoms with Gasteiger partial charge in [-0.05, 0) is 37.4 Å². The van der Waals surface area contributed by atoms with Gasteiger partial charge in [0.15, 0.2) is 0 Å². The molecule has 122 valence electrons. The van der Waals surface area contributed by atoms with E-state index in [4.69, 9.17) is 9.47 Å². The minimum absolute atomic E-state index is 0.179. The first-order chi connectivity index (χ1) is 10.6. The molecule has 0 spiro atoms. The number of nitrogens with one attached hydrogen (secondary N) is 1. The second-order valence-electron chi connectivity index (χ2n) is 5.78. The largest absolute Gasteiger partial charge is 0.497 e. The highest BCUT2D eigenvalue weighted by Crippen LogP contribution is 2.34. The Hall–Kier alpha value is -1.31. The van der Waals surface area contributed by atoms with E-state index in [-0.39, 0.29) is 4.90 Å². The number of sulfonamides is 1. The van der Waals surface area contributed by atoms with Crippen LogP contribution in [0.4, 0.5) is 0 Å². The molecule has 6 nitrogen and oxygen atoms in total. The summed E-state index contributed by atoms with van der Waals surface area (Å²) in [4.78, 5) is 0.179. The van der Waals surface area contributed by atoms with E-state index in [1.165, 1.54) is 20.3 Å². The summed E-state index contributed by atoms with van der Waals surface area (Å²) in [5.74, 6) is 1.27. The van der Waals surface area contributed by atoms with E-state index in [9.17, 15) is 8.42 Å². The summed E-state index contributed by atoms with van der Waals surface area (Å²) in [5, 5.41) is 3.44. The van der Waals surface area contributed by atoms with Gasteiger partial charge in [-0.15, -0.1) is 0 Å². The van der Waals surface area contributed by atoms with Crippen molar-refractivity contribution in [3.63, 3.8) is 0 Å². The Kier molecular flexibility index (Phi) is 4.29. The van der Waals surface area contributed by atoms with Crippen molar-refractivity contribution in [3.05, 3.63) is 18.2 Å². The standard InChI is InChI=1S/C15H22N2O4S/c1-20-12-3-4-14(21-2)15(9-12)22(18,19)17-8-6-13-11(10-17)5-7-16-13/h3-4,9,11,13,16H,5-8,10H2,1-2H3. The van der Waals surface area contributed by atoms with E-state index < -0.39 is 10.0 Å². The topological polar surface area (TPSA) is 67.9 Å². The predicted octanol–water partition coefficient (Wildman–Crippen LogP) is 1.08. The molecule has 0 saturated carbocycles. The number of benzene rings is 1. The SMILES string of the molecule is COc1ccc(OC)c(S(=O)(=O)N2CCC3NCCC3C2)c1. The summed E-state index contributed by atoms with van der Waals surface area (Å²) >= 11 is 0. The van der Waals surface area contributed by atoms with E-state index in [2.05, 4.69) is 5.32 Å². The van der Waals surface area contributed by atoms with Gasteiger partial charge in [-0.3, -0.25) is 0 Å². The molecule has 1 aromatic rings. The minimum Gasteiger partial charge on any atom is -0.497 e. The zero-order valence-corrected chi connectivity index (χ0v) is 13.7. The predicted molar refractivity (Wildman–Crippen MR) is 82.8 cm³/mol. The third kappa shape index (κ3) is 2.68. The van der Waals surface area contributed by atoms with Crippen molar-refractivity contribution in [3.8, 4) is 11.5 Å². The lowest BCUT2D eigenvalue weighted by atomic mass is 9.95. The number of piperidine rings is 1. The van der Waals surface area contributed by atoms with Crippen molar-refractivity contribution in [1.29, 1.82) is 0 Å². The Morgan fingerprint density at radius 3 is 2.77 bits per heavy atom. The van der Waals surface area contributed by atoms with Crippen LogP contribution in [0.15, 0.2) is 23.1 Å². The highest BCUT2D eigenvalue weighted by atomic mass is 32.2. The van der Waals surface area contributed by atoms with Gasteiger partial charge in [0.25, 0.3) is 0 Å². The van der Waals surface area contributed by atoms with Gasteiger partial charge < -0.3 is 14.8 Å². The van der Waals surface area contributed by atoms with Crippen molar-refractivity contribution in [2.45, 2.75) is 23.8 Å². The summed E-state index contributed by atoms with van der Waals surface area (Å²) in [6, 6.07) is 5.33. The Morgan fingerprint density at radius 2 is 2.05 bits per heavy atom. The molecule has 0 bridgehead atoms. The summed E-state index contributed by atoms with van der Waals surface area (Å²) < 4.78 is 38.0. The fourth-order valence-electron chi connectivity index (χ4n) is 3.36. The molecule has 0 aliphatic carbocycles. The molecule has 2 heterocycles. The molecule has 1 N–H and O–H groups in total. The molecule has 2 aliphatic rings. The van der Waals surface area contributed by atoms with Gasteiger partial charge in [-0.1, -0.05) is 0 Å². The van der Waals surface area contributed by atoms with Crippen LogP contribution >= 0.6 is 0 Å². The fraction of sp³-hybridized carbons (Fsp3) is 0.600. The highest BCUT2D eigenvalue weighted by Gasteiger charge is 2.38. The van der Waals surface area contributed by atoms with Crippen LogP contribution in [0, 0.1) is 5.92 Å². The third-order valence-corrected chi connectivity index (χ3v) is 6.49. The molecule has 2 unspecified atom stereocenters. The molecule has 7 heteroatoms. The second kappa shape index (κ2) is 6.06. The van der Waals surface area contributed by atoms with Crippen molar-refractivity contribution >= 4 is 10.0 Å². The number of methoxy groups -OCH3 is 2. The van der Waals surface area contributed by atoms with Gasteiger partial charge in [0.2, 0.25) is 10.0 Å². The van der Waals surface area contributed by atoms with Crippen molar-refractivity contribution < 1.29 is 17.9 Å². The van der Waals surface area contributed by atoms with Gasteiger partial charge >= 0.3 is 0 Å². The summed E-state index contributed by atoms with van der Waals surface area (Å²) in [5.41, 5.74) is 0. The van der Waals surface area contributed by atoms with Crippen LogP contribution in [0.2, 0.25) is 0 Å². The normalized spacial score (nSPS) is 25.7. The van der Waals surface area contributed by atoms with Crippen LogP contribution in [0.3, 0.4) is 0 Å². The molecule has 2 saturated heterocycles. The third-order valence-electron chi connectivity index (χ3n) is 4.61. The molecular formula is C15H22N2O4S. The fourth-order valence-corrected chi connectivity index (χ4v) is 5.04. The number of ether oxygens (including phenoxy) is 2. The summed E-state index contributed by atoms with van der Waals surface area (Å²) in [6.07, 6.45) is 1.89. The molecule has 0 aromatic heterocycles. The quantitative estimate of drug-likeness (QED) is 0.897. The highest BCUT2D eigenvalue weighted by molar-refractivity contribution is 7.89. The molecule has 2 fully saturated rings. The van der Waals surface area contributed by atoms with Gasteiger partial charge in [0.05, 0.1) is 14.2 Å². The van der Waals surface area contributed by atoms with Crippen LogP contribution in [-0.4, -0.2) is 52.6 Å². The molecule has 2 atom stereocenters. The van der Waals surface area contributed by atoms with Crippen LogP contribution in [0.25, 0.3) is 0 Å². The molecule has 1 aromatic carbocycles. The number of hydrogen-bond acceptors (Lipinski definition) is 5. The van der Waals surface area contributed by atoms with Gasteiger partial charge in [0, 0.05) is 25.2 Å². The molecule has 3 rings (SSSR count). The monoisotopic (exact) mass is 326 g/mol. The number of hydrogen-bond donors (Lipinski definition) is 1. The van der Waals surface area contributed by atoms with Gasteiger partial charge in [-0.2, -0.15) is 4.31 Å². The van der Waals surface area contributed by atoms with E-state index in [1.54, 1.807) is 16.4 Å². The molecule has 0 radical (unpaired) electrons. The van der Waals surface area contributed by atoms with E-state index >= 15 is 0 Å². The van der Waals surface area contributed by atoms with Crippen LogP contribution in [-0.2, 0) is 10.0 Å². The summed E-state index contributed by atoms with van der Waals surface area (Å²) in [6.45, 7) is 2.09. The Labute approximate surface area is 131 Å². The number of rotatable bonds is 4. The number of nitrogens with zero attached hydrogens (tertiary/aromatic N) is 1. The molecule has 2 aliphatic heterocycles.